The molecule has 0 saturated heterocycles. The van der Waals surface area contributed by atoms with Crippen molar-refractivity contribution in [3.8, 4) is 0 Å². The number of hydrogen-bond donors (Lipinski definition) is 2. The van der Waals surface area contributed by atoms with E-state index in [0.717, 1.165) is 9.26 Å². The van der Waals surface area contributed by atoms with Gasteiger partial charge in [0, 0.05) is 3.57 Å². The van der Waals surface area contributed by atoms with Gasteiger partial charge in [-0.1, -0.05) is 18.2 Å². The lowest BCUT2D eigenvalue weighted by Crippen LogP contribution is -2.09. The second-order valence-corrected chi connectivity index (χ2v) is 5.25. The molecule has 3 N–H and O–H groups in total. The first kappa shape index (κ1) is 14.6. The Morgan fingerprint density at radius 2 is 1.90 bits per heavy atom. The van der Waals surface area contributed by atoms with Gasteiger partial charge in [-0.25, -0.2) is 4.79 Å². The number of halogens is 1. The summed E-state index contributed by atoms with van der Waals surface area (Å²) in [5.41, 5.74) is 8.46. The van der Waals surface area contributed by atoms with E-state index in [1.807, 2.05) is 30.3 Å². The molecule has 20 heavy (non-hydrogen) atoms. The second-order valence-electron chi connectivity index (χ2n) is 4.09. The normalized spacial score (nSPS) is 10.1. The van der Waals surface area contributed by atoms with Crippen LogP contribution < -0.4 is 11.1 Å². The molecular weight excluding hydrogens is 367 g/mol. The lowest BCUT2D eigenvalue weighted by atomic mass is 10.1. The smallest absolute Gasteiger partial charge is 0.340 e. The van der Waals surface area contributed by atoms with Crippen LogP contribution in [0.3, 0.4) is 0 Å². The zero-order valence-corrected chi connectivity index (χ0v) is 13.2. The summed E-state index contributed by atoms with van der Waals surface area (Å²) in [4.78, 5) is 11.8. The quantitative estimate of drug-likeness (QED) is 0.480. The molecule has 0 radical (unpaired) electrons. The number of ether oxygens (including phenoxy) is 1. The fourth-order valence-corrected chi connectivity index (χ4v) is 2.29. The van der Waals surface area contributed by atoms with Crippen LogP contribution in [0.4, 0.5) is 17.1 Å². The molecule has 5 heteroatoms. The summed E-state index contributed by atoms with van der Waals surface area (Å²) in [6.45, 7) is 2.09. The minimum atomic E-state index is -0.406. The average molecular weight is 382 g/mol. The van der Waals surface area contributed by atoms with E-state index in [4.69, 9.17) is 10.5 Å². The Morgan fingerprint density at radius 3 is 2.60 bits per heavy atom. The van der Waals surface area contributed by atoms with Crippen LogP contribution in [-0.2, 0) is 4.74 Å². The maximum Gasteiger partial charge on any atom is 0.340 e. The van der Waals surface area contributed by atoms with Gasteiger partial charge in [-0.05, 0) is 53.8 Å². The van der Waals surface area contributed by atoms with Crippen LogP contribution >= 0.6 is 22.6 Å². The number of hydrogen-bond acceptors (Lipinski definition) is 4. The molecule has 0 amide bonds. The molecule has 0 unspecified atom stereocenters. The standard InChI is InChI=1S/C15H15IN2O2/c1-2-20-15(19)10-6-5-9-13(14(10)17)18-12-8-4-3-7-11(12)16/h3-9,18H,2,17H2,1H3. The van der Waals surface area contributed by atoms with E-state index < -0.39 is 5.97 Å². The monoisotopic (exact) mass is 382 g/mol. The molecule has 2 rings (SSSR count). The largest absolute Gasteiger partial charge is 0.462 e. The number of rotatable bonds is 4. The highest BCUT2D eigenvalue weighted by atomic mass is 127. The van der Waals surface area contributed by atoms with E-state index in [-0.39, 0.29) is 0 Å². The molecule has 0 aliphatic rings. The highest BCUT2D eigenvalue weighted by Gasteiger charge is 2.13. The molecule has 0 spiro atoms. The number of nitrogens with two attached hydrogens (primary N) is 1. The van der Waals surface area contributed by atoms with Gasteiger partial charge >= 0.3 is 5.97 Å². The third kappa shape index (κ3) is 3.22. The van der Waals surface area contributed by atoms with Gasteiger partial charge in [-0.15, -0.1) is 0 Å². The molecule has 4 nitrogen and oxygen atoms in total. The van der Waals surface area contributed by atoms with Crippen LogP contribution in [0.1, 0.15) is 17.3 Å². The van der Waals surface area contributed by atoms with Crippen LogP contribution in [0.25, 0.3) is 0 Å². The highest BCUT2D eigenvalue weighted by Crippen LogP contribution is 2.28. The number of benzene rings is 2. The van der Waals surface area contributed by atoms with E-state index >= 15 is 0 Å². The summed E-state index contributed by atoms with van der Waals surface area (Å²) >= 11 is 2.24. The Balaban J connectivity index is 2.32. The van der Waals surface area contributed by atoms with Gasteiger partial charge in [0.15, 0.2) is 0 Å². The van der Waals surface area contributed by atoms with Crippen molar-refractivity contribution < 1.29 is 9.53 Å². The highest BCUT2D eigenvalue weighted by molar-refractivity contribution is 14.1. The summed E-state index contributed by atoms with van der Waals surface area (Å²) in [6, 6.07) is 13.1. The van der Waals surface area contributed by atoms with Crippen LogP contribution in [-0.4, -0.2) is 12.6 Å². The maximum absolute atomic E-state index is 11.8. The van der Waals surface area contributed by atoms with E-state index in [1.165, 1.54) is 0 Å². The first-order valence-electron chi connectivity index (χ1n) is 6.20. The predicted octanol–water partition coefficient (Wildman–Crippen LogP) is 3.79. The van der Waals surface area contributed by atoms with E-state index in [9.17, 15) is 4.79 Å². The Bertz CT molecular complexity index is 629. The fourth-order valence-electron chi connectivity index (χ4n) is 1.77. The van der Waals surface area contributed by atoms with Crippen molar-refractivity contribution in [3.05, 3.63) is 51.6 Å². The molecule has 2 aromatic rings. The number of para-hydroxylation sites is 2. The molecule has 104 valence electrons. The van der Waals surface area contributed by atoms with Crippen molar-refractivity contribution in [2.45, 2.75) is 6.92 Å². The molecule has 0 saturated carbocycles. The summed E-state index contributed by atoms with van der Waals surface area (Å²) in [7, 11) is 0. The molecule has 0 aromatic heterocycles. The molecule has 2 aromatic carbocycles. The van der Waals surface area contributed by atoms with Crippen LogP contribution in [0.5, 0.6) is 0 Å². The minimum absolute atomic E-state index is 0.326. The first-order chi connectivity index (χ1) is 9.63. The fraction of sp³-hybridized carbons (Fsp3) is 0.133. The van der Waals surface area contributed by atoms with E-state index in [1.54, 1.807) is 19.1 Å². The van der Waals surface area contributed by atoms with Crippen LogP contribution in [0.15, 0.2) is 42.5 Å². The van der Waals surface area contributed by atoms with Gasteiger partial charge in [0.25, 0.3) is 0 Å². The number of nitrogen functional groups attached to an aromatic ring is 1. The topological polar surface area (TPSA) is 64.3 Å². The lowest BCUT2D eigenvalue weighted by molar-refractivity contribution is 0.0527. The zero-order chi connectivity index (χ0) is 14.5. The van der Waals surface area contributed by atoms with Gasteiger partial charge < -0.3 is 15.8 Å². The number of carbonyl (C=O) groups excluding carboxylic acids is 1. The maximum atomic E-state index is 11.8. The molecule has 0 heterocycles. The third-order valence-electron chi connectivity index (χ3n) is 2.74. The molecule has 0 aliphatic carbocycles. The van der Waals surface area contributed by atoms with Crippen molar-refractivity contribution in [1.82, 2.24) is 0 Å². The van der Waals surface area contributed by atoms with E-state index in [2.05, 4.69) is 27.9 Å². The minimum Gasteiger partial charge on any atom is -0.462 e. The zero-order valence-electron chi connectivity index (χ0n) is 11.0. The molecule has 0 bridgehead atoms. The van der Waals surface area contributed by atoms with Gasteiger partial charge in [0.05, 0.1) is 29.2 Å². The molecule has 0 aliphatic heterocycles. The SMILES string of the molecule is CCOC(=O)c1cccc(Nc2ccccc2I)c1N. The van der Waals surface area contributed by atoms with Gasteiger partial charge in [0.2, 0.25) is 0 Å². The Labute approximate surface area is 131 Å². The molecule has 0 fully saturated rings. The Morgan fingerprint density at radius 1 is 1.20 bits per heavy atom. The number of anilines is 3. The third-order valence-corrected chi connectivity index (χ3v) is 3.69. The van der Waals surface area contributed by atoms with Crippen molar-refractivity contribution in [2.24, 2.45) is 0 Å². The van der Waals surface area contributed by atoms with Gasteiger partial charge in [0.1, 0.15) is 0 Å². The van der Waals surface area contributed by atoms with Gasteiger partial charge in [-0.3, -0.25) is 0 Å². The summed E-state index contributed by atoms with van der Waals surface area (Å²) in [6.07, 6.45) is 0. The van der Waals surface area contributed by atoms with Crippen molar-refractivity contribution in [3.63, 3.8) is 0 Å². The number of esters is 1. The molecule has 0 atom stereocenters. The lowest BCUT2D eigenvalue weighted by Gasteiger charge is -2.13. The van der Waals surface area contributed by atoms with Crippen molar-refractivity contribution in [1.29, 1.82) is 0 Å². The number of carbonyl (C=O) groups is 1. The number of nitrogens with one attached hydrogen (secondary N) is 1. The first-order valence-corrected chi connectivity index (χ1v) is 7.28. The Kier molecular flexibility index (Phi) is 4.84. The average Bonchev–Trinajstić information content (AvgIpc) is 2.43. The van der Waals surface area contributed by atoms with Crippen LogP contribution in [0.2, 0.25) is 0 Å². The van der Waals surface area contributed by atoms with Crippen molar-refractivity contribution >= 4 is 45.6 Å². The van der Waals surface area contributed by atoms with Crippen LogP contribution in [0, 0.1) is 3.57 Å². The summed E-state index contributed by atoms with van der Waals surface area (Å²) in [5, 5.41) is 3.24. The summed E-state index contributed by atoms with van der Waals surface area (Å²) in [5.74, 6) is -0.406. The van der Waals surface area contributed by atoms with Crippen molar-refractivity contribution in [2.75, 3.05) is 17.7 Å². The predicted molar refractivity (Wildman–Crippen MR) is 89.3 cm³/mol. The van der Waals surface area contributed by atoms with E-state index in [0.29, 0.717) is 23.5 Å². The molecular formula is C15H15IN2O2. The summed E-state index contributed by atoms with van der Waals surface area (Å²) < 4.78 is 6.06. The Hall–Kier alpha value is -1.76. The second kappa shape index (κ2) is 6.60. The van der Waals surface area contributed by atoms with Gasteiger partial charge in [-0.2, -0.15) is 0 Å².